The average Bonchev–Trinajstić information content (AvgIpc) is 3.16. The summed E-state index contributed by atoms with van der Waals surface area (Å²) in [5.41, 5.74) is 1.62. The Morgan fingerprint density at radius 1 is 1.03 bits per heavy atom. The topological polar surface area (TPSA) is 66.5 Å². The van der Waals surface area contributed by atoms with E-state index in [0.717, 1.165) is 5.56 Å². The number of sulfonamides is 1. The van der Waals surface area contributed by atoms with Gasteiger partial charge in [0.15, 0.2) is 5.82 Å². The molecule has 1 aliphatic rings. The van der Waals surface area contributed by atoms with E-state index in [1.807, 2.05) is 12.1 Å². The van der Waals surface area contributed by atoms with Gasteiger partial charge in [0.1, 0.15) is 0 Å². The first kappa shape index (κ1) is 19.4. The van der Waals surface area contributed by atoms with Gasteiger partial charge in [0, 0.05) is 12.1 Å². The number of amides is 1. The number of hydrogen-bond acceptors (Lipinski definition) is 3. The molecule has 0 aliphatic carbocycles. The lowest BCUT2D eigenvalue weighted by atomic mass is 10.2. The van der Waals surface area contributed by atoms with Crippen molar-refractivity contribution in [3.63, 3.8) is 0 Å². The van der Waals surface area contributed by atoms with E-state index < -0.39 is 21.7 Å². The fourth-order valence-corrected chi connectivity index (χ4v) is 5.00. The molecule has 0 unspecified atom stereocenters. The van der Waals surface area contributed by atoms with Gasteiger partial charge < -0.3 is 5.32 Å². The van der Waals surface area contributed by atoms with Gasteiger partial charge >= 0.3 is 0 Å². The minimum atomic E-state index is -3.84. The van der Waals surface area contributed by atoms with Crippen LogP contribution in [0.15, 0.2) is 71.6 Å². The normalized spacial score (nSPS) is 13.2. The first-order chi connectivity index (χ1) is 13.9. The van der Waals surface area contributed by atoms with Crippen LogP contribution in [0.1, 0.15) is 15.9 Å². The van der Waals surface area contributed by atoms with Gasteiger partial charge in [-0.2, -0.15) is 0 Å². The molecule has 0 bridgehead atoms. The minimum absolute atomic E-state index is 0.00609. The van der Waals surface area contributed by atoms with Crippen molar-refractivity contribution in [3.8, 4) is 0 Å². The largest absolute Gasteiger partial charge is 0.319 e. The number of nitrogens with zero attached hydrogens (tertiary/aromatic N) is 1. The number of anilines is 2. The Hall–Kier alpha value is -2.90. The first-order valence-corrected chi connectivity index (χ1v) is 10.7. The van der Waals surface area contributed by atoms with Gasteiger partial charge in [-0.05, 0) is 48.4 Å². The highest BCUT2D eigenvalue weighted by molar-refractivity contribution is 7.92. The summed E-state index contributed by atoms with van der Waals surface area (Å²) in [4.78, 5) is 12.5. The third-order valence-electron chi connectivity index (χ3n) is 4.73. The van der Waals surface area contributed by atoms with Gasteiger partial charge in [0.05, 0.1) is 21.3 Å². The number of carbonyl (C=O) groups excluding carboxylic acids is 1. The van der Waals surface area contributed by atoms with E-state index in [9.17, 15) is 17.6 Å². The van der Waals surface area contributed by atoms with E-state index in [4.69, 9.17) is 11.6 Å². The molecule has 5 nitrogen and oxygen atoms in total. The molecule has 4 rings (SSSR count). The van der Waals surface area contributed by atoms with E-state index in [0.29, 0.717) is 18.7 Å². The van der Waals surface area contributed by atoms with Crippen LogP contribution in [-0.2, 0) is 16.4 Å². The van der Waals surface area contributed by atoms with Crippen molar-refractivity contribution < 1.29 is 17.6 Å². The van der Waals surface area contributed by atoms with Crippen molar-refractivity contribution in [2.24, 2.45) is 0 Å². The van der Waals surface area contributed by atoms with Crippen molar-refractivity contribution in [3.05, 3.63) is 88.7 Å². The summed E-state index contributed by atoms with van der Waals surface area (Å²) in [6.07, 6.45) is 0.629. The lowest BCUT2D eigenvalue weighted by molar-refractivity contribution is 0.102. The van der Waals surface area contributed by atoms with Crippen LogP contribution in [0.3, 0.4) is 0 Å². The van der Waals surface area contributed by atoms with Gasteiger partial charge in [-0.3, -0.25) is 9.10 Å². The molecule has 29 heavy (non-hydrogen) atoms. The smallest absolute Gasteiger partial charge is 0.264 e. The number of benzene rings is 3. The maximum atomic E-state index is 14.0. The predicted octanol–water partition coefficient (Wildman–Crippen LogP) is 4.48. The third-order valence-corrected chi connectivity index (χ3v) is 6.83. The molecule has 8 heteroatoms. The highest BCUT2D eigenvalue weighted by Crippen LogP contribution is 2.33. The fourth-order valence-electron chi connectivity index (χ4n) is 3.28. The first-order valence-electron chi connectivity index (χ1n) is 8.84. The number of fused-ring (bicyclic) bond motifs is 1. The minimum Gasteiger partial charge on any atom is -0.319 e. The van der Waals surface area contributed by atoms with Crippen molar-refractivity contribution in [2.75, 3.05) is 16.2 Å². The number of para-hydroxylation sites is 1. The van der Waals surface area contributed by atoms with Crippen molar-refractivity contribution in [1.82, 2.24) is 0 Å². The second-order valence-electron chi connectivity index (χ2n) is 6.54. The van der Waals surface area contributed by atoms with E-state index in [1.54, 1.807) is 12.1 Å². The Morgan fingerprint density at radius 2 is 1.79 bits per heavy atom. The van der Waals surface area contributed by atoms with Gasteiger partial charge in [-0.1, -0.05) is 41.9 Å². The van der Waals surface area contributed by atoms with Crippen LogP contribution >= 0.6 is 11.6 Å². The maximum Gasteiger partial charge on any atom is 0.264 e. The van der Waals surface area contributed by atoms with Crippen molar-refractivity contribution in [2.45, 2.75) is 11.3 Å². The Morgan fingerprint density at radius 3 is 2.62 bits per heavy atom. The van der Waals surface area contributed by atoms with Crippen LogP contribution in [0, 0.1) is 5.82 Å². The zero-order valence-electron chi connectivity index (χ0n) is 15.1. The Labute approximate surface area is 172 Å². The van der Waals surface area contributed by atoms with Crippen LogP contribution < -0.4 is 9.62 Å². The molecule has 3 aromatic rings. The average molecular weight is 431 g/mol. The van der Waals surface area contributed by atoms with Gasteiger partial charge in [-0.25, -0.2) is 12.8 Å². The van der Waals surface area contributed by atoms with Crippen molar-refractivity contribution in [1.29, 1.82) is 0 Å². The summed E-state index contributed by atoms with van der Waals surface area (Å²) in [7, 11) is -3.84. The molecular weight excluding hydrogens is 415 g/mol. The summed E-state index contributed by atoms with van der Waals surface area (Å²) in [5.74, 6) is -1.38. The van der Waals surface area contributed by atoms with Crippen LogP contribution in [-0.4, -0.2) is 20.9 Å². The Balaban J connectivity index is 1.64. The lowest BCUT2D eigenvalue weighted by Crippen LogP contribution is -2.29. The summed E-state index contributed by atoms with van der Waals surface area (Å²) in [5, 5.41) is 2.31. The second kappa shape index (κ2) is 7.50. The monoisotopic (exact) mass is 430 g/mol. The van der Waals surface area contributed by atoms with E-state index in [1.165, 1.54) is 46.8 Å². The van der Waals surface area contributed by atoms with E-state index >= 15 is 0 Å². The fraction of sp³-hybridized carbons (Fsp3) is 0.0952. The number of rotatable bonds is 4. The summed E-state index contributed by atoms with van der Waals surface area (Å²) in [6, 6.07) is 17.2. The number of nitrogens with one attached hydrogen (secondary N) is 1. The molecule has 0 saturated carbocycles. The van der Waals surface area contributed by atoms with Gasteiger partial charge in [0.25, 0.3) is 15.9 Å². The quantitative estimate of drug-likeness (QED) is 0.663. The molecule has 1 amide bonds. The molecule has 1 aliphatic heterocycles. The summed E-state index contributed by atoms with van der Waals surface area (Å²) >= 11 is 5.73. The predicted molar refractivity (Wildman–Crippen MR) is 110 cm³/mol. The molecular formula is C21H16ClFN2O3S. The molecule has 148 valence electrons. The van der Waals surface area contributed by atoms with Crippen LogP contribution in [0.4, 0.5) is 15.8 Å². The zero-order chi connectivity index (χ0) is 20.6. The molecule has 3 aromatic carbocycles. The zero-order valence-corrected chi connectivity index (χ0v) is 16.7. The molecule has 0 fully saturated rings. The van der Waals surface area contributed by atoms with Gasteiger partial charge in [0.2, 0.25) is 0 Å². The highest BCUT2D eigenvalue weighted by Gasteiger charge is 2.31. The van der Waals surface area contributed by atoms with E-state index in [2.05, 4.69) is 5.32 Å². The molecule has 0 saturated heterocycles. The number of hydrogen-bond donors (Lipinski definition) is 1. The van der Waals surface area contributed by atoms with Crippen LogP contribution in [0.5, 0.6) is 0 Å². The Kier molecular flexibility index (Phi) is 5.02. The molecule has 0 radical (unpaired) electrons. The highest BCUT2D eigenvalue weighted by atomic mass is 35.5. The molecule has 1 heterocycles. The third kappa shape index (κ3) is 3.59. The Bertz CT molecular complexity index is 1210. The summed E-state index contributed by atoms with van der Waals surface area (Å²) < 4.78 is 41.7. The standard InChI is InChI=1S/C21H16ClFN2O3S/c22-17-8-4-9-18(20(17)23)24-21(26)15-6-3-7-16(13-15)29(27,28)25-12-11-14-5-1-2-10-19(14)25/h1-10,13H,11-12H2,(H,24,26). The lowest BCUT2D eigenvalue weighted by Gasteiger charge is -2.20. The molecule has 0 spiro atoms. The molecule has 1 N–H and O–H groups in total. The maximum absolute atomic E-state index is 14.0. The SMILES string of the molecule is O=C(Nc1cccc(Cl)c1F)c1cccc(S(=O)(=O)N2CCc3ccccc32)c1. The van der Waals surface area contributed by atoms with Crippen LogP contribution in [0.2, 0.25) is 5.02 Å². The second-order valence-corrected chi connectivity index (χ2v) is 8.81. The number of halogens is 2. The molecule has 0 atom stereocenters. The van der Waals surface area contributed by atoms with Gasteiger partial charge in [-0.15, -0.1) is 0 Å². The number of carbonyl (C=O) groups is 1. The molecule has 0 aromatic heterocycles. The van der Waals surface area contributed by atoms with E-state index in [-0.39, 0.29) is 21.2 Å². The summed E-state index contributed by atoms with van der Waals surface area (Å²) in [6.45, 7) is 0.339. The van der Waals surface area contributed by atoms with Crippen molar-refractivity contribution >= 4 is 38.9 Å². The van der Waals surface area contributed by atoms with Crippen LogP contribution in [0.25, 0.3) is 0 Å².